The second-order valence-electron chi connectivity index (χ2n) is 3.26. The van der Waals surface area contributed by atoms with Crippen LogP contribution in [0.4, 0.5) is 4.39 Å². The Labute approximate surface area is 87.3 Å². The van der Waals surface area contributed by atoms with Gasteiger partial charge in [-0.3, -0.25) is 14.0 Å². The third-order valence-corrected chi connectivity index (χ3v) is 3.84. The normalized spacial score (nSPS) is 17.5. The fourth-order valence-electron chi connectivity index (χ4n) is 1.34. The minimum atomic E-state index is -3.86. The first-order chi connectivity index (χ1) is 6.99. The molecule has 0 aromatic carbocycles. The predicted octanol–water partition coefficient (Wildman–Crippen LogP) is 0.215. The number of hydrogen-bond acceptors (Lipinski definition) is 4. The molecule has 0 aromatic heterocycles. The van der Waals surface area contributed by atoms with Crippen LogP contribution in [0, 0.1) is 0 Å². The lowest BCUT2D eigenvalue weighted by molar-refractivity contribution is -0.132. The number of alkyl halides is 1. The van der Waals surface area contributed by atoms with E-state index < -0.39 is 28.5 Å². The Morgan fingerprint density at radius 1 is 1.13 bits per heavy atom. The summed E-state index contributed by atoms with van der Waals surface area (Å²) in [6.45, 7) is -0.600. The van der Waals surface area contributed by atoms with Crippen LogP contribution >= 0.6 is 0 Å². The van der Waals surface area contributed by atoms with E-state index in [1.165, 1.54) is 0 Å². The molecule has 0 aromatic rings. The lowest BCUT2D eigenvalue weighted by atomic mass is 10.4. The van der Waals surface area contributed by atoms with E-state index in [9.17, 15) is 22.4 Å². The molecule has 0 N–H and O–H groups in total. The van der Waals surface area contributed by atoms with Gasteiger partial charge in [-0.15, -0.1) is 0 Å². The highest BCUT2D eigenvalue weighted by Crippen LogP contribution is 2.17. The lowest BCUT2D eigenvalue weighted by Gasteiger charge is -2.13. The van der Waals surface area contributed by atoms with Gasteiger partial charge < -0.3 is 0 Å². The first kappa shape index (κ1) is 12.1. The average molecular weight is 237 g/mol. The summed E-state index contributed by atoms with van der Waals surface area (Å²) < 4.78 is 35.1. The monoisotopic (exact) mass is 237 g/mol. The summed E-state index contributed by atoms with van der Waals surface area (Å²) in [5.41, 5.74) is 0. The summed E-state index contributed by atoms with van der Waals surface area (Å²) in [6, 6.07) is 0. The van der Waals surface area contributed by atoms with Crippen LogP contribution in [0.15, 0.2) is 0 Å². The standard InChI is InChI=1S/C8H12FNO4S/c9-5-1-2-6-15(13,14)10-7(11)3-4-8(10)12/h1-6H2. The number of amides is 2. The quantitative estimate of drug-likeness (QED) is 0.506. The summed E-state index contributed by atoms with van der Waals surface area (Å²) in [4.78, 5) is 22.2. The summed E-state index contributed by atoms with van der Waals surface area (Å²) >= 11 is 0. The highest BCUT2D eigenvalue weighted by Gasteiger charge is 2.38. The molecule has 1 heterocycles. The Kier molecular flexibility index (Phi) is 3.78. The van der Waals surface area contributed by atoms with Crippen molar-refractivity contribution in [2.24, 2.45) is 0 Å². The van der Waals surface area contributed by atoms with Gasteiger partial charge in [0.2, 0.25) is 21.8 Å². The predicted molar refractivity (Wildman–Crippen MR) is 50.1 cm³/mol. The van der Waals surface area contributed by atoms with Crippen LogP contribution in [-0.4, -0.2) is 37.0 Å². The number of halogens is 1. The molecule has 7 heteroatoms. The summed E-state index contributed by atoms with van der Waals surface area (Å²) in [5.74, 6) is -1.71. The lowest BCUT2D eigenvalue weighted by Crippen LogP contribution is -2.37. The number of imide groups is 1. The number of nitrogens with zero attached hydrogens (tertiary/aromatic N) is 1. The summed E-state index contributed by atoms with van der Waals surface area (Å²) in [5, 5.41) is 0. The van der Waals surface area contributed by atoms with Gasteiger partial charge in [0.25, 0.3) is 0 Å². The van der Waals surface area contributed by atoms with Crippen molar-refractivity contribution in [3.8, 4) is 0 Å². The largest absolute Gasteiger partial charge is 0.273 e. The molecule has 0 spiro atoms. The van der Waals surface area contributed by atoms with Gasteiger partial charge >= 0.3 is 0 Å². The van der Waals surface area contributed by atoms with Crippen molar-refractivity contribution in [3.05, 3.63) is 0 Å². The molecule has 86 valence electrons. The highest BCUT2D eigenvalue weighted by molar-refractivity contribution is 7.90. The van der Waals surface area contributed by atoms with Crippen molar-refractivity contribution < 1.29 is 22.4 Å². The molecular weight excluding hydrogens is 225 g/mol. The van der Waals surface area contributed by atoms with Crippen LogP contribution < -0.4 is 0 Å². The molecule has 1 aliphatic rings. The molecular formula is C8H12FNO4S. The molecule has 0 saturated carbocycles. The van der Waals surface area contributed by atoms with E-state index in [-0.39, 0.29) is 31.4 Å². The molecule has 0 bridgehead atoms. The SMILES string of the molecule is O=C1CCC(=O)N1S(=O)(=O)CCCCF. The average Bonchev–Trinajstić information content (AvgIpc) is 2.46. The second-order valence-corrected chi connectivity index (χ2v) is 5.20. The summed E-state index contributed by atoms with van der Waals surface area (Å²) in [7, 11) is -3.86. The zero-order valence-corrected chi connectivity index (χ0v) is 8.93. The third-order valence-electron chi connectivity index (χ3n) is 2.07. The van der Waals surface area contributed by atoms with Gasteiger partial charge in [0.05, 0.1) is 12.4 Å². The number of hydrogen-bond donors (Lipinski definition) is 0. The molecule has 1 saturated heterocycles. The van der Waals surface area contributed by atoms with E-state index in [1.54, 1.807) is 0 Å². The molecule has 0 radical (unpaired) electrons. The molecule has 2 amide bonds. The van der Waals surface area contributed by atoms with Crippen LogP contribution in [-0.2, 0) is 19.6 Å². The van der Waals surface area contributed by atoms with E-state index in [4.69, 9.17) is 0 Å². The summed E-state index contributed by atoms with van der Waals surface area (Å²) in [6.07, 6.45) is 0.133. The van der Waals surface area contributed by atoms with E-state index in [1.807, 2.05) is 0 Å². The maximum absolute atomic E-state index is 11.8. The highest BCUT2D eigenvalue weighted by atomic mass is 32.2. The molecule has 0 atom stereocenters. The van der Waals surface area contributed by atoms with E-state index >= 15 is 0 Å². The Morgan fingerprint density at radius 3 is 2.13 bits per heavy atom. The Morgan fingerprint density at radius 2 is 1.67 bits per heavy atom. The number of carbonyl (C=O) groups excluding carboxylic acids is 2. The van der Waals surface area contributed by atoms with Crippen LogP contribution in [0.1, 0.15) is 25.7 Å². The van der Waals surface area contributed by atoms with Crippen LogP contribution in [0.5, 0.6) is 0 Å². The van der Waals surface area contributed by atoms with E-state index in [2.05, 4.69) is 0 Å². The molecule has 5 nitrogen and oxygen atoms in total. The van der Waals surface area contributed by atoms with Gasteiger partial charge in [-0.25, -0.2) is 8.42 Å². The van der Waals surface area contributed by atoms with Crippen LogP contribution in [0.3, 0.4) is 0 Å². The number of rotatable bonds is 5. The molecule has 1 fully saturated rings. The molecule has 15 heavy (non-hydrogen) atoms. The smallest absolute Gasteiger partial charge is 0.243 e. The van der Waals surface area contributed by atoms with Gasteiger partial charge in [0, 0.05) is 12.8 Å². The molecule has 0 aliphatic carbocycles. The minimum absolute atomic E-state index is 0.0544. The van der Waals surface area contributed by atoms with Gasteiger partial charge in [0.15, 0.2) is 0 Å². The first-order valence-electron chi connectivity index (χ1n) is 4.63. The minimum Gasteiger partial charge on any atom is -0.273 e. The first-order valence-corrected chi connectivity index (χ1v) is 6.24. The maximum atomic E-state index is 11.8. The van der Waals surface area contributed by atoms with Crippen molar-refractivity contribution in [1.29, 1.82) is 0 Å². The molecule has 0 unspecified atom stereocenters. The molecule has 1 aliphatic heterocycles. The van der Waals surface area contributed by atoms with Crippen molar-refractivity contribution in [1.82, 2.24) is 4.31 Å². The zero-order valence-electron chi connectivity index (χ0n) is 8.11. The Hall–Kier alpha value is -0.980. The van der Waals surface area contributed by atoms with Gasteiger partial charge in [-0.05, 0) is 12.8 Å². The Balaban J connectivity index is 2.68. The van der Waals surface area contributed by atoms with Crippen molar-refractivity contribution >= 4 is 21.8 Å². The van der Waals surface area contributed by atoms with Crippen LogP contribution in [0.25, 0.3) is 0 Å². The third kappa shape index (κ3) is 2.74. The fraction of sp³-hybridized carbons (Fsp3) is 0.750. The van der Waals surface area contributed by atoms with Gasteiger partial charge in [-0.2, -0.15) is 4.31 Å². The van der Waals surface area contributed by atoms with Crippen molar-refractivity contribution in [2.75, 3.05) is 12.4 Å². The fourth-order valence-corrected chi connectivity index (χ4v) is 2.89. The zero-order chi connectivity index (χ0) is 11.5. The van der Waals surface area contributed by atoms with E-state index in [0.717, 1.165) is 0 Å². The maximum Gasteiger partial charge on any atom is 0.243 e. The van der Waals surface area contributed by atoms with Crippen molar-refractivity contribution in [3.63, 3.8) is 0 Å². The topological polar surface area (TPSA) is 71.5 Å². The van der Waals surface area contributed by atoms with Gasteiger partial charge in [-0.1, -0.05) is 0 Å². The molecule has 1 rings (SSSR count). The Bertz CT molecular complexity index is 349. The van der Waals surface area contributed by atoms with Gasteiger partial charge in [0.1, 0.15) is 0 Å². The number of unbranched alkanes of at least 4 members (excludes halogenated alkanes) is 1. The number of sulfonamides is 1. The van der Waals surface area contributed by atoms with Crippen molar-refractivity contribution in [2.45, 2.75) is 25.7 Å². The van der Waals surface area contributed by atoms with Crippen LogP contribution in [0.2, 0.25) is 0 Å². The van der Waals surface area contributed by atoms with E-state index in [0.29, 0.717) is 4.31 Å². The number of carbonyl (C=O) groups is 2. The second kappa shape index (κ2) is 4.69.